The number of carbonyl (C=O) groups is 1. The molecule has 2 heteroatoms. The first-order valence-corrected chi connectivity index (χ1v) is 8.56. The third-order valence-electron chi connectivity index (χ3n) is 6.51. The Labute approximate surface area is 138 Å². The minimum Gasteiger partial charge on any atom is -0.299 e. The van der Waals surface area contributed by atoms with Crippen molar-refractivity contribution in [1.82, 2.24) is 4.90 Å². The van der Waals surface area contributed by atoms with Crippen LogP contribution >= 0.6 is 0 Å². The lowest BCUT2D eigenvalue weighted by Gasteiger charge is -2.43. The summed E-state index contributed by atoms with van der Waals surface area (Å²) >= 11 is 0. The number of allylic oxidation sites excluding steroid dienone is 1. The van der Waals surface area contributed by atoms with Gasteiger partial charge in [0.25, 0.3) is 0 Å². The number of hydrogen-bond acceptors (Lipinski definition) is 2. The molecule has 2 fully saturated rings. The lowest BCUT2D eigenvalue weighted by Crippen LogP contribution is -2.48. The van der Waals surface area contributed by atoms with Crippen molar-refractivity contribution in [2.45, 2.75) is 37.6 Å². The van der Waals surface area contributed by atoms with Crippen molar-refractivity contribution in [2.24, 2.45) is 11.3 Å². The van der Waals surface area contributed by atoms with Crippen molar-refractivity contribution >= 4 is 11.4 Å². The third kappa shape index (κ3) is 1.72. The third-order valence-corrected chi connectivity index (χ3v) is 6.51. The van der Waals surface area contributed by atoms with Crippen LogP contribution in [0, 0.1) is 23.7 Å². The number of benzene rings is 1. The summed E-state index contributed by atoms with van der Waals surface area (Å²) in [5, 5.41) is 0. The van der Waals surface area contributed by atoms with Crippen LogP contribution in [0.4, 0.5) is 0 Å². The Balaban J connectivity index is 1.88. The maximum atomic E-state index is 12.9. The average Bonchev–Trinajstić information content (AvgIpc) is 3.01. The van der Waals surface area contributed by atoms with Crippen LogP contribution in [0.2, 0.25) is 0 Å². The molecule has 2 bridgehead atoms. The molecule has 4 rings (SSSR count). The molecule has 118 valence electrons. The maximum Gasteiger partial charge on any atom is 0.145 e. The smallest absolute Gasteiger partial charge is 0.145 e. The van der Waals surface area contributed by atoms with Gasteiger partial charge >= 0.3 is 0 Å². The highest BCUT2D eigenvalue weighted by Crippen LogP contribution is 2.66. The Morgan fingerprint density at radius 3 is 2.61 bits per heavy atom. The van der Waals surface area contributed by atoms with E-state index in [4.69, 9.17) is 6.42 Å². The van der Waals surface area contributed by atoms with Crippen LogP contribution < -0.4 is 0 Å². The van der Waals surface area contributed by atoms with Gasteiger partial charge in [-0.3, -0.25) is 9.69 Å². The fourth-order valence-electron chi connectivity index (χ4n) is 5.44. The lowest BCUT2D eigenvalue weighted by atomic mass is 9.68. The first-order chi connectivity index (χ1) is 11.0. The highest BCUT2D eigenvalue weighted by molar-refractivity contribution is 6.01. The van der Waals surface area contributed by atoms with Crippen molar-refractivity contribution in [3.05, 3.63) is 41.5 Å². The maximum absolute atomic E-state index is 12.9. The van der Waals surface area contributed by atoms with Gasteiger partial charge in [-0.25, -0.2) is 0 Å². The number of likely N-dealkylation sites (N-methyl/N-ethyl adjacent to an activating group) is 1. The Hall–Kier alpha value is -1.85. The molecule has 0 heterocycles. The fourth-order valence-corrected chi connectivity index (χ4v) is 5.44. The molecule has 23 heavy (non-hydrogen) atoms. The fraction of sp³-hybridized carbons (Fsp3) is 0.476. The number of nitrogens with zero attached hydrogens (tertiary/aromatic N) is 1. The van der Waals surface area contributed by atoms with Crippen LogP contribution in [0.3, 0.4) is 0 Å². The Morgan fingerprint density at radius 2 is 1.96 bits per heavy atom. The van der Waals surface area contributed by atoms with E-state index >= 15 is 0 Å². The molecule has 0 radical (unpaired) electrons. The molecule has 0 amide bonds. The van der Waals surface area contributed by atoms with Gasteiger partial charge in [0, 0.05) is 12.0 Å². The quantitative estimate of drug-likeness (QED) is 0.779. The molecule has 3 aliphatic carbocycles. The predicted octanol–water partition coefficient (Wildman–Crippen LogP) is 3.51. The Kier molecular flexibility index (Phi) is 3.09. The summed E-state index contributed by atoms with van der Waals surface area (Å²) < 4.78 is 0. The molecule has 0 spiro atoms. The summed E-state index contributed by atoms with van der Waals surface area (Å²) in [5.41, 5.74) is 3.14. The zero-order chi connectivity index (χ0) is 16.2. The molecule has 1 aromatic carbocycles. The van der Waals surface area contributed by atoms with Gasteiger partial charge in [-0.05, 0) is 56.1 Å². The van der Waals surface area contributed by atoms with E-state index < -0.39 is 0 Å². The topological polar surface area (TPSA) is 20.3 Å². The normalized spacial score (nSPS) is 35.1. The van der Waals surface area contributed by atoms with Gasteiger partial charge in [0.2, 0.25) is 0 Å². The molecule has 3 atom stereocenters. The van der Waals surface area contributed by atoms with Gasteiger partial charge < -0.3 is 0 Å². The molecular weight excluding hydrogens is 282 g/mol. The van der Waals surface area contributed by atoms with Crippen LogP contribution in [-0.2, 0) is 4.79 Å². The van der Waals surface area contributed by atoms with Crippen molar-refractivity contribution in [3.8, 4) is 12.3 Å². The van der Waals surface area contributed by atoms with Crippen molar-refractivity contribution < 1.29 is 4.79 Å². The van der Waals surface area contributed by atoms with E-state index in [1.54, 1.807) is 0 Å². The lowest BCUT2D eigenvalue weighted by molar-refractivity contribution is -0.125. The van der Waals surface area contributed by atoms with E-state index in [1.807, 2.05) is 12.1 Å². The summed E-state index contributed by atoms with van der Waals surface area (Å²) in [6.45, 7) is 0. The molecule has 3 aliphatic rings. The monoisotopic (exact) mass is 305 g/mol. The van der Waals surface area contributed by atoms with Crippen LogP contribution in [0.5, 0.6) is 0 Å². The average molecular weight is 305 g/mol. The van der Waals surface area contributed by atoms with E-state index in [0.717, 1.165) is 18.4 Å². The summed E-state index contributed by atoms with van der Waals surface area (Å²) in [5.74, 6) is 3.58. The molecule has 0 unspecified atom stereocenters. The molecule has 0 saturated heterocycles. The van der Waals surface area contributed by atoms with Crippen molar-refractivity contribution in [1.29, 1.82) is 0 Å². The number of rotatable bonds is 2. The summed E-state index contributed by atoms with van der Waals surface area (Å²) in [6.07, 6.45) is 13.1. The summed E-state index contributed by atoms with van der Waals surface area (Å²) in [6, 6.07) is 8.27. The van der Waals surface area contributed by atoms with Gasteiger partial charge in [0.1, 0.15) is 5.78 Å². The van der Waals surface area contributed by atoms with Crippen molar-refractivity contribution in [2.75, 3.05) is 14.1 Å². The SMILES string of the molecule is C#Cc1ccc(C2=C[C@]34CCCC[C@H]3[C@@]2(N(C)C)CC4=O)cc1. The van der Waals surface area contributed by atoms with Crippen molar-refractivity contribution in [3.63, 3.8) is 0 Å². The zero-order valence-electron chi connectivity index (χ0n) is 13.9. The number of carbonyl (C=O) groups excluding carboxylic acids is 1. The first-order valence-electron chi connectivity index (χ1n) is 8.56. The molecule has 0 aliphatic heterocycles. The second-order valence-corrected chi connectivity index (χ2v) is 7.54. The molecule has 0 aromatic heterocycles. The zero-order valence-corrected chi connectivity index (χ0v) is 13.9. The predicted molar refractivity (Wildman–Crippen MR) is 92.8 cm³/mol. The van der Waals surface area contributed by atoms with E-state index in [9.17, 15) is 4.79 Å². The number of ketones is 1. The second kappa shape index (κ2) is 4.82. The Morgan fingerprint density at radius 1 is 1.22 bits per heavy atom. The molecule has 2 saturated carbocycles. The first kappa shape index (κ1) is 14.7. The molecule has 0 N–H and O–H groups in total. The van der Waals surface area contributed by atoms with Crippen LogP contribution in [0.15, 0.2) is 30.3 Å². The highest BCUT2D eigenvalue weighted by Gasteiger charge is 2.68. The van der Waals surface area contributed by atoms with Crippen LogP contribution in [0.1, 0.15) is 43.2 Å². The molecule has 2 nitrogen and oxygen atoms in total. The highest BCUT2D eigenvalue weighted by atomic mass is 16.1. The second-order valence-electron chi connectivity index (χ2n) is 7.54. The van der Waals surface area contributed by atoms with Gasteiger partial charge in [-0.1, -0.05) is 37.0 Å². The van der Waals surface area contributed by atoms with Gasteiger partial charge in [-0.2, -0.15) is 0 Å². The minimum absolute atomic E-state index is 0.130. The molecule has 1 aromatic rings. The Bertz CT molecular complexity index is 736. The van der Waals surface area contributed by atoms with Crippen LogP contribution in [-0.4, -0.2) is 30.3 Å². The van der Waals surface area contributed by atoms with Gasteiger partial charge in [0.15, 0.2) is 0 Å². The number of hydrogen-bond donors (Lipinski definition) is 0. The number of terminal acetylenes is 1. The van der Waals surface area contributed by atoms with E-state index in [0.29, 0.717) is 18.1 Å². The minimum atomic E-state index is -0.206. The standard InChI is InChI=1S/C21H23NO/c1-4-15-8-10-16(11-9-15)17-13-20-12-6-5-7-18(20)21(17,22(2)3)14-19(20)23/h1,8-11,13,18H,5-7,12,14H2,2-3H3/t18-,20-,21-/m1/s1. The van der Waals surface area contributed by atoms with E-state index in [-0.39, 0.29) is 11.0 Å². The molecular formula is C21H23NO. The largest absolute Gasteiger partial charge is 0.299 e. The summed E-state index contributed by atoms with van der Waals surface area (Å²) in [7, 11) is 4.26. The van der Waals surface area contributed by atoms with Gasteiger partial charge in [0.05, 0.1) is 11.0 Å². The van der Waals surface area contributed by atoms with Gasteiger partial charge in [-0.15, -0.1) is 6.42 Å². The summed E-state index contributed by atoms with van der Waals surface area (Å²) in [4.78, 5) is 15.2. The van der Waals surface area contributed by atoms with Crippen LogP contribution in [0.25, 0.3) is 5.57 Å². The number of Topliss-reactive ketones (excluding diaryl/α,β-unsaturated/α-hetero) is 1. The van der Waals surface area contributed by atoms with E-state index in [2.05, 4.69) is 43.1 Å². The van der Waals surface area contributed by atoms with E-state index in [1.165, 1.54) is 24.0 Å².